The number of phenols is 1. The van der Waals surface area contributed by atoms with Crippen molar-refractivity contribution in [3.8, 4) is 5.75 Å². The van der Waals surface area contributed by atoms with Crippen LogP contribution in [0.5, 0.6) is 5.75 Å². The molecule has 0 fully saturated rings. The average Bonchev–Trinajstić information content (AvgIpc) is 2.96. The van der Waals surface area contributed by atoms with Gasteiger partial charge in [0.25, 0.3) is 20.2 Å². The number of benzene rings is 5. The number of anilines is 2. The van der Waals surface area contributed by atoms with Crippen molar-refractivity contribution in [1.29, 1.82) is 0 Å². The first-order chi connectivity index (χ1) is 20.0. The maximum absolute atomic E-state index is 12.2. The number of nitrogens with one attached hydrogen (secondary N) is 1. The molecule has 12 nitrogen and oxygen atoms in total. The quantitative estimate of drug-likeness (QED) is 0.103. The van der Waals surface area contributed by atoms with Gasteiger partial charge in [-0.15, -0.1) is 5.11 Å². The molecule has 0 aliphatic rings. The Hall–Kier alpha value is -5.02. The third kappa shape index (κ3) is 6.64. The molecule has 0 heterocycles. The molecular formula is C28H21N5O7S2. The van der Waals surface area contributed by atoms with Crippen LogP contribution in [0.3, 0.4) is 0 Å². The van der Waals surface area contributed by atoms with E-state index in [1.165, 1.54) is 48.5 Å². The summed E-state index contributed by atoms with van der Waals surface area (Å²) in [7, 11) is -9.17. The van der Waals surface area contributed by atoms with Crippen LogP contribution in [-0.2, 0) is 20.2 Å². The van der Waals surface area contributed by atoms with Crippen LogP contribution < -0.4 is 5.32 Å². The van der Waals surface area contributed by atoms with Gasteiger partial charge in [-0.25, -0.2) is 0 Å². The number of aromatic hydroxyl groups is 1. The van der Waals surface area contributed by atoms with Gasteiger partial charge in [-0.1, -0.05) is 24.3 Å². The summed E-state index contributed by atoms with van der Waals surface area (Å²) in [6.07, 6.45) is 0. The van der Waals surface area contributed by atoms with Crippen LogP contribution in [0.15, 0.2) is 133 Å². The Labute approximate surface area is 240 Å². The highest BCUT2D eigenvalue weighted by atomic mass is 32.2. The van der Waals surface area contributed by atoms with E-state index in [0.29, 0.717) is 22.1 Å². The molecule has 0 aromatic heterocycles. The Balaban J connectivity index is 1.41. The first-order valence-electron chi connectivity index (χ1n) is 12.1. The lowest BCUT2D eigenvalue weighted by atomic mass is 10.1. The van der Waals surface area contributed by atoms with Gasteiger partial charge < -0.3 is 10.4 Å². The fourth-order valence-corrected chi connectivity index (χ4v) is 5.10. The highest BCUT2D eigenvalue weighted by Gasteiger charge is 2.22. The van der Waals surface area contributed by atoms with Gasteiger partial charge >= 0.3 is 0 Å². The zero-order valence-electron chi connectivity index (χ0n) is 21.4. The van der Waals surface area contributed by atoms with Crippen molar-refractivity contribution in [3.05, 3.63) is 103 Å². The summed E-state index contributed by atoms with van der Waals surface area (Å²) in [5.41, 5.74) is 1.84. The van der Waals surface area contributed by atoms with Crippen molar-refractivity contribution in [2.75, 3.05) is 5.32 Å². The Morgan fingerprint density at radius 3 is 1.86 bits per heavy atom. The molecule has 4 N–H and O–H groups in total. The van der Waals surface area contributed by atoms with Crippen LogP contribution in [0.1, 0.15) is 0 Å². The molecular weight excluding hydrogens is 582 g/mol. The van der Waals surface area contributed by atoms with Gasteiger partial charge in [0.05, 0.1) is 22.0 Å². The smallest absolute Gasteiger partial charge is 0.296 e. The lowest BCUT2D eigenvalue weighted by Crippen LogP contribution is -1.99. The minimum atomic E-state index is -4.79. The Kier molecular flexibility index (Phi) is 7.78. The lowest BCUT2D eigenvalue weighted by Gasteiger charge is -2.11. The number of azo groups is 2. The molecule has 5 rings (SSSR count). The molecule has 0 unspecified atom stereocenters. The van der Waals surface area contributed by atoms with Crippen molar-refractivity contribution in [1.82, 2.24) is 0 Å². The van der Waals surface area contributed by atoms with E-state index < -0.39 is 36.6 Å². The fraction of sp³-hybridized carbons (Fsp3) is 0. The van der Waals surface area contributed by atoms with E-state index in [1.807, 2.05) is 30.3 Å². The summed E-state index contributed by atoms with van der Waals surface area (Å²) < 4.78 is 66.0. The number of hydrogen-bond acceptors (Lipinski definition) is 10. The number of phenolic OH excluding ortho intramolecular Hbond substituents is 1. The molecule has 0 aliphatic carbocycles. The molecule has 42 heavy (non-hydrogen) atoms. The Morgan fingerprint density at radius 1 is 0.571 bits per heavy atom. The highest BCUT2D eigenvalue weighted by molar-refractivity contribution is 7.86. The SMILES string of the molecule is O=S(=O)(O)c1cccc(N=Nc2ccc(N=Nc3c(S(=O)(=O)O)cc4cc(Nc5ccccc5)ccc4c3O)cc2)c1. The molecule has 0 amide bonds. The standard InChI is InChI=1S/C28H21N5O7S2/c34-28-25-14-13-22(29-19-5-2-1-3-6-19)15-18(25)16-26(42(38,39)40)27(28)33-31-21-11-9-20(10-12-21)30-32-23-7-4-8-24(17-23)41(35,36)37/h1-17,29,34H,(H,35,36,37)(H,38,39,40). The molecule has 0 spiro atoms. The fourth-order valence-electron chi connectivity index (χ4n) is 3.93. The second kappa shape index (κ2) is 11.5. The van der Waals surface area contributed by atoms with E-state index in [2.05, 4.69) is 25.8 Å². The van der Waals surface area contributed by atoms with E-state index in [9.17, 15) is 26.5 Å². The summed E-state index contributed by atoms with van der Waals surface area (Å²) >= 11 is 0. The van der Waals surface area contributed by atoms with E-state index in [0.717, 1.165) is 11.8 Å². The van der Waals surface area contributed by atoms with Crippen molar-refractivity contribution in [2.24, 2.45) is 20.5 Å². The van der Waals surface area contributed by atoms with E-state index in [4.69, 9.17) is 4.55 Å². The molecule has 0 saturated carbocycles. The van der Waals surface area contributed by atoms with Crippen LogP contribution >= 0.6 is 0 Å². The average molecular weight is 604 g/mol. The highest BCUT2D eigenvalue weighted by Crippen LogP contribution is 2.42. The van der Waals surface area contributed by atoms with E-state index in [1.54, 1.807) is 18.2 Å². The molecule has 0 aliphatic heterocycles. The number of fused-ring (bicyclic) bond motifs is 1. The molecule has 0 radical (unpaired) electrons. The van der Waals surface area contributed by atoms with Gasteiger partial charge in [-0.2, -0.15) is 32.2 Å². The van der Waals surface area contributed by atoms with Gasteiger partial charge in [-0.3, -0.25) is 9.11 Å². The van der Waals surface area contributed by atoms with E-state index >= 15 is 0 Å². The molecule has 0 saturated heterocycles. The summed E-state index contributed by atoms with van der Waals surface area (Å²) in [5.74, 6) is -0.479. The first-order valence-corrected chi connectivity index (χ1v) is 15.0. The molecule has 0 bridgehead atoms. The number of rotatable bonds is 8. The van der Waals surface area contributed by atoms with Crippen LogP contribution in [-0.4, -0.2) is 31.0 Å². The molecule has 5 aromatic carbocycles. The van der Waals surface area contributed by atoms with Crippen molar-refractivity contribution < 1.29 is 31.0 Å². The van der Waals surface area contributed by atoms with Crippen LogP contribution in [0, 0.1) is 0 Å². The van der Waals surface area contributed by atoms with Crippen LogP contribution in [0.2, 0.25) is 0 Å². The Bertz CT molecular complexity index is 2070. The topological polar surface area (TPSA) is 190 Å². The first kappa shape index (κ1) is 28.5. The summed E-state index contributed by atoms with van der Waals surface area (Å²) in [4.78, 5) is -0.939. The second-order valence-corrected chi connectivity index (χ2v) is 11.7. The predicted octanol–water partition coefficient (Wildman–Crippen LogP) is 7.61. The minimum Gasteiger partial charge on any atom is -0.505 e. The second-order valence-electron chi connectivity index (χ2n) is 8.86. The van der Waals surface area contributed by atoms with Gasteiger partial charge in [0.15, 0.2) is 5.75 Å². The number of hydrogen-bond donors (Lipinski definition) is 4. The molecule has 14 heteroatoms. The van der Waals surface area contributed by atoms with Gasteiger partial charge in [0.1, 0.15) is 10.6 Å². The summed E-state index contributed by atoms with van der Waals surface area (Å²) in [5, 5.41) is 30.6. The molecule has 0 atom stereocenters. The monoisotopic (exact) mass is 603 g/mol. The lowest BCUT2D eigenvalue weighted by molar-refractivity contribution is 0.472. The van der Waals surface area contributed by atoms with Crippen molar-refractivity contribution in [3.63, 3.8) is 0 Å². The van der Waals surface area contributed by atoms with E-state index in [-0.39, 0.29) is 16.3 Å². The minimum absolute atomic E-state index is 0.196. The third-order valence-electron chi connectivity index (χ3n) is 5.90. The maximum Gasteiger partial charge on any atom is 0.296 e. The largest absolute Gasteiger partial charge is 0.505 e. The zero-order chi connectivity index (χ0) is 29.9. The number of nitrogens with zero attached hydrogens (tertiary/aromatic N) is 4. The van der Waals surface area contributed by atoms with Gasteiger partial charge in [0.2, 0.25) is 0 Å². The normalized spacial score (nSPS) is 12.3. The maximum atomic E-state index is 12.2. The zero-order valence-corrected chi connectivity index (χ0v) is 23.0. The van der Waals surface area contributed by atoms with Crippen molar-refractivity contribution >= 4 is 65.1 Å². The third-order valence-corrected chi connectivity index (χ3v) is 7.62. The van der Waals surface area contributed by atoms with Gasteiger partial charge in [-0.05, 0) is 84.2 Å². The van der Waals surface area contributed by atoms with Gasteiger partial charge in [0, 0.05) is 16.8 Å². The van der Waals surface area contributed by atoms with Crippen LogP contribution in [0.4, 0.5) is 34.1 Å². The summed E-state index contributed by atoms with van der Waals surface area (Å²) in [6, 6.07) is 26.8. The Morgan fingerprint density at radius 2 is 1.21 bits per heavy atom. The molecule has 212 valence electrons. The molecule has 5 aromatic rings. The predicted molar refractivity (Wildman–Crippen MR) is 156 cm³/mol. The summed E-state index contributed by atoms with van der Waals surface area (Å²) in [6.45, 7) is 0. The van der Waals surface area contributed by atoms with Crippen molar-refractivity contribution in [2.45, 2.75) is 9.79 Å². The van der Waals surface area contributed by atoms with Crippen LogP contribution in [0.25, 0.3) is 10.8 Å². The number of para-hydroxylation sites is 1.